The Morgan fingerprint density at radius 3 is 2.64 bits per heavy atom. The van der Waals surface area contributed by atoms with Gasteiger partial charge in [-0.05, 0) is 6.42 Å². The van der Waals surface area contributed by atoms with Crippen molar-refractivity contribution in [1.82, 2.24) is 4.90 Å². The zero-order chi connectivity index (χ0) is 8.43. The maximum absolute atomic E-state index is 11.1. The van der Waals surface area contributed by atoms with E-state index in [4.69, 9.17) is 5.11 Å². The fraction of sp³-hybridized carbons (Fsp3) is 0.714. The summed E-state index contributed by atoms with van der Waals surface area (Å²) in [6, 6.07) is 0. The third-order valence-electron chi connectivity index (χ3n) is 1.95. The number of amides is 2. The van der Waals surface area contributed by atoms with Crippen molar-refractivity contribution in [1.29, 1.82) is 0 Å². The van der Waals surface area contributed by atoms with E-state index in [-0.39, 0.29) is 30.8 Å². The summed E-state index contributed by atoms with van der Waals surface area (Å²) in [5, 5.41) is 8.53. The SMILES string of the molecule is CN1C(=O)CC(CCO)C1=O. The molecule has 0 bridgehead atoms. The Morgan fingerprint density at radius 1 is 1.64 bits per heavy atom. The van der Waals surface area contributed by atoms with Crippen molar-refractivity contribution < 1.29 is 14.7 Å². The van der Waals surface area contributed by atoms with Crippen molar-refractivity contribution >= 4 is 11.8 Å². The van der Waals surface area contributed by atoms with Gasteiger partial charge in [0.25, 0.3) is 0 Å². The van der Waals surface area contributed by atoms with Crippen LogP contribution < -0.4 is 0 Å². The lowest BCUT2D eigenvalue weighted by atomic mass is 10.1. The molecule has 0 aromatic rings. The summed E-state index contributed by atoms with van der Waals surface area (Å²) in [5.74, 6) is -0.588. The van der Waals surface area contributed by atoms with Crippen LogP contribution in [0.5, 0.6) is 0 Å². The van der Waals surface area contributed by atoms with Gasteiger partial charge in [0, 0.05) is 26.0 Å². The van der Waals surface area contributed by atoms with Crippen molar-refractivity contribution in [3.63, 3.8) is 0 Å². The average Bonchev–Trinajstić information content (AvgIpc) is 2.19. The molecule has 0 saturated carbocycles. The molecule has 2 amide bonds. The average molecular weight is 157 g/mol. The number of aliphatic hydroxyl groups is 1. The molecule has 0 spiro atoms. The van der Waals surface area contributed by atoms with Gasteiger partial charge in [-0.3, -0.25) is 14.5 Å². The zero-order valence-electron chi connectivity index (χ0n) is 6.41. The maximum Gasteiger partial charge on any atom is 0.232 e. The van der Waals surface area contributed by atoms with Crippen LogP contribution in [-0.4, -0.2) is 35.5 Å². The summed E-state index contributed by atoms with van der Waals surface area (Å²) in [6.45, 7) is -0.0302. The number of carbonyl (C=O) groups excluding carboxylic acids is 2. The van der Waals surface area contributed by atoms with Crippen molar-refractivity contribution in [2.24, 2.45) is 5.92 Å². The minimum atomic E-state index is -0.280. The molecule has 1 fully saturated rings. The van der Waals surface area contributed by atoms with Crippen LogP contribution in [0.4, 0.5) is 0 Å². The molecule has 1 aliphatic heterocycles. The zero-order valence-corrected chi connectivity index (χ0v) is 6.41. The van der Waals surface area contributed by atoms with E-state index in [0.717, 1.165) is 4.90 Å². The van der Waals surface area contributed by atoms with Crippen molar-refractivity contribution in [3.8, 4) is 0 Å². The summed E-state index contributed by atoms with van der Waals surface area (Å²) >= 11 is 0. The molecule has 0 aromatic heterocycles. The van der Waals surface area contributed by atoms with Crippen LogP contribution in [0.2, 0.25) is 0 Å². The molecule has 1 heterocycles. The number of nitrogens with zero attached hydrogens (tertiary/aromatic N) is 1. The number of hydrogen-bond donors (Lipinski definition) is 1. The molecule has 0 aromatic carbocycles. The second-order valence-corrected chi connectivity index (χ2v) is 2.70. The summed E-state index contributed by atoms with van der Waals surface area (Å²) in [7, 11) is 1.47. The van der Waals surface area contributed by atoms with E-state index in [0.29, 0.717) is 6.42 Å². The first kappa shape index (κ1) is 8.20. The summed E-state index contributed by atoms with van der Waals surface area (Å²) in [5.41, 5.74) is 0. The molecule has 1 N–H and O–H groups in total. The van der Waals surface area contributed by atoms with Gasteiger partial charge in [-0.2, -0.15) is 0 Å². The Bertz CT molecular complexity index is 190. The smallest absolute Gasteiger partial charge is 0.232 e. The second kappa shape index (κ2) is 3.00. The molecule has 62 valence electrons. The predicted molar refractivity (Wildman–Crippen MR) is 37.6 cm³/mol. The van der Waals surface area contributed by atoms with Crippen molar-refractivity contribution in [2.45, 2.75) is 12.8 Å². The third kappa shape index (κ3) is 1.40. The van der Waals surface area contributed by atoms with E-state index in [1.807, 2.05) is 0 Å². The third-order valence-corrected chi connectivity index (χ3v) is 1.95. The van der Waals surface area contributed by atoms with E-state index in [2.05, 4.69) is 0 Å². The number of carbonyl (C=O) groups is 2. The van der Waals surface area contributed by atoms with Gasteiger partial charge >= 0.3 is 0 Å². The molecule has 0 radical (unpaired) electrons. The lowest BCUT2D eigenvalue weighted by molar-refractivity contribution is -0.137. The van der Waals surface area contributed by atoms with Crippen LogP contribution in [0.3, 0.4) is 0 Å². The van der Waals surface area contributed by atoms with Crippen molar-refractivity contribution in [3.05, 3.63) is 0 Å². The van der Waals surface area contributed by atoms with E-state index in [1.165, 1.54) is 7.05 Å². The van der Waals surface area contributed by atoms with Crippen LogP contribution in [0, 0.1) is 5.92 Å². The molecule has 1 aliphatic rings. The van der Waals surface area contributed by atoms with Crippen LogP contribution in [0.1, 0.15) is 12.8 Å². The molecule has 1 saturated heterocycles. The maximum atomic E-state index is 11.1. The van der Waals surface area contributed by atoms with Gasteiger partial charge in [0.1, 0.15) is 0 Å². The fourth-order valence-corrected chi connectivity index (χ4v) is 1.21. The quantitative estimate of drug-likeness (QED) is 0.543. The Morgan fingerprint density at radius 2 is 2.27 bits per heavy atom. The summed E-state index contributed by atoms with van der Waals surface area (Å²) in [4.78, 5) is 23.1. The molecule has 4 nitrogen and oxygen atoms in total. The highest BCUT2D eigenvalue weighted by molar-refractivity contribution is 6.03. The monoisotopic (exact) mass is 157 g/mol. The highest BCUT2D eigenvalue weighted by atomic mass is 16.3. The highest BCUT2D eigenvalue weighted by Crippen LogP contribution is 2.20. The largest absolute Gasteiger partial charge is 0.396 e. The Kier molecular flexibility index (Phi) is 2.24. The first-order valence-electron chi connectivity index (χ1n) is 3.58. The Labute approximate surface area is 64.8 Å². The number of aliphatic hydroxyl groups excluding tert-OH is 1. The lowest BCUT2D eigenvalue weighted by Gasteiger charge is -2.06. The number of imide groups is 1. The van der Waals surface area contributed by atoms with Gasteiger partial charge in [-0.15, -0.1) is 0 Å². The molecule has 1 atom stereocenters. The fourth-order valence-electron chi connectivity index (χ4n) is 1.21. The molecule has 11 heavy (non-hydrogen) atoms. The molecular weight excluding hydrogens is 146 g/mol. The van der Waals surface area contributed by atoms with Gasteiger partial charge < -0.3 is 5.11 Å². The van der Waals surface area contributed by atoms with Gasteiger partial charge in [0.15, 0.2) is 0 Å². The predicted octanol–water partition coefficient (Wildman–Crippen LogP) is -0.626. The first-order valence-corrected chi connectivity index (χ1v) is 3.58. The topological polar surface area (TPSA) is 57.6 Å². The lowest BCUT2D eigenvalue weighted by Crippen LogP contribution is -2.26. The van der Waals surface area contributed by atoms with E-state index >= 15 is 0 Å². The normalized spacial score (nSPS) is 24.9. The number of likely N-dealkylation sites (tertiary alicyclic amines) is 1. The molecule has 1 rings (SSSR count). The minimum absolute atomic E-state index is 0.0302. The highest BCUT2D eigenvalue weighted by Gasteiger charge is 2.35. The van der Waals surface area contributed by atoms with Crippen LogP contribution >= 0.6 is 0 Å². The summed E-state index contributed by atoms with van der Waals surface area (Å²) < 4.78 is 0. The molecule has 0 aliphatic carbocycles. The Hall–Kier alpha value is -0.900. The first-order chi connectivity index (χ1) is 5.16. The van der Waals surface area contributed by atoms with Gasteiger partial charge in [-0.25, -0.2) is 0 Å². The summed E-state index contributed by atoms with van der Waals surface area (Å²) in [6.07, 6.45) is 0.658. The Balaban J connectivity index is 2.60. The van der Waals surface area contributed by atoms with E-state index in [9.17, 15) is 9.59 Å². The molecular formula is C7H11NO3. The van der Waals surface area contributed by atoms with Crippen LogP contribution in [0.15, 0.2) is 0 Å². The van der Waals surface area contributed by atoms with Gasteiger partial charge in [-0.1, -0.05) is 0 Å². The van der Waals surface area contributed by atoms with E-state index in [1.54, 1.807) is 0 Å². The van der Waals surface area contributed by atoms with Crippen LogP contribution in [0.25, 0.3) is 0 Å². The minimum Gasteiger partial charge on any atom is -0.396 e. The van der Waals surface area contributed by atoms with Crippen molar-refractivity contribution in [2.75, 3.05) is 13.7 Å². The van der Waals surface area contributed by atoms with E-state index < -0.39 is 0 Å². The second-order valence-electron chi connectivity index (χ2n) is 2.70. The van der Waals surface area contributed by atoms with Gasteiger partial charge in [0.2, 0.25) is 11.8 Å². The number of hydrogen-bond acceptors (Lipinski definition) is 3. The molecule has 1 unspecified atom stereocenters. The van der Waals surface area contributed by atoms with Gasteiger partial charge in [0.05, 0.1) is 0 Å². The molecule has 4 heteroatoms. The standard InChI is InChI=1S/C7H11NO3/c1-8-6(10)4-5(2-3-9)7(8)11/h5,9H,2-4H2,1H3. The van der Waals surface area contributed by atoms with Crippen LogP contribution in [-0.2, 0) is 9.59 Å². The number of rotatable bonds is 2.